The first-order valence-corrected chi connectivity index (χ1v) is 3.79. The minimum Gasteiger partial charge on any atom is -0.870 e. The number of furan rings is 1. The third kappa shape index (κ3) is 8.40. The van der Waals surface area contributed by atoms with Crippen LogP contribution in [-0.4, -0.2) is 38.3 Å². The van der Waals surface area contributed by atoms with E-state index in [1.807, 2.05) is 0 Å². The van der Waals surface area contributed by atoms with Crippen molar-refractivity contribution in [1.82, 2.24) is 0 Å². The number of hydrogen-bond donors (Lipinski definition) is 0. The molecule has 0 aliphatic carbocycles. The molecule has 13 heavy (non-hydrogen) atoms. The zero-order valence-corrected chi connectivity index (χ0v) is 10.9. The number of phosphoric acid groups is 1. The Morgan fingerprint density at radius 2 is 2.00 bits per heavy atom. The molecule has 1 rings (SSSR count). The van der Waals surface area contributed by atoms with Gasteiger partial charge < -0.3 is 34.2 Å². The fourth-order valence-corrected chi connectivity index (χ4v) is 0.750. The van der Waals surface area contributed by atoms with Crippen molar-refractivity contribution in [2.75, 3.05) is 0 Å². The van der Waals surface area contributed by atoms with Crippen LogP contribution in [0.3, 0.4) is 0 Å². The third-order valence-electron chi connectivity index (χ3n) is 0.697. The maximum absolute atomic E-state index is 9.89. The van der Waals surface area contributed by atoms with Crippen LogP contribution in [0.5, 0.6) is 5.95 Å². The Morgan fingerprint density at radius 1 is 1.46 bits per heavy atom. The molecule has 0 aliphatic heterocycles. The van der Waals surface area contributed by atoms with E-state index in [0.717, 1.165) is 0 Å². The van der Waals surface area contributed by atoms with Crippen molar-refractivity contribution in [3.05, 3.63) is 18.4 Å². The molecule has 0 atom stereocenters. The van der Waals surface area contributed by atoms with Crippen LogP contribution in [0.1, 0.15) is 0 Å². The van der Waals surface area contributed by atoms with Crippen LogP contribution in [-0.2, 0) is 4.57 Å². The molecule has 1 aromatic rings. The molecule has 0 fully saturated rings. The maximum Gasteiger partial charge on any atom is 3.00 e. The van der Waals surface area contributed by atoms with E-state index in [1.54, 1.807) is 0 Å². The zero-order chi connectivity index (χ0) is 7.61. The molecule has 1 heterocycles. The number of hydrogen-bond acceptors (Lipinski definition) is 6. The van der Waals surface area contributed by atoms with Crippen molar-refractivity contribution < 1.29 is 34.2 Å². The summed E-state index contributed by atoms with van der Waals surface area (Å²) in [5, 5.41) is 0. The van der Waals surface area contributed by atoms with Gasteiger partial charge >= 0.3 is 27.3 Å². The first kappa shape index (κ1) is 18.8. The predicted molar refractivity (Wildman–Crippen MR) is 38.2 cm³/mol. The number of rotatable bonds is 2. The van der Waals surface area contributed by atoms with E-state index in [9.17, 15) is 14.4 Å². The van der Waals surface area contributed by atoms with Gasteiger partial charge in [0.1, 0.15) is 7.82 Å². The molecule has 1 aromatic heterocycles. The molecule has 73 valence electrons. The average Bonchev–Trinajstić information content (AvgIpc) is 2.12. The van der Waals surface area contributed by atoms with Gasteiger partial charge in [-0.2, -0.15) is 0 Å². The van der Waals surface area contributed by atoms with Crippen molar-refractivity contribution in [1.29, 1.82) is 0 Å². The first-order chi connectivity index (χ1) is 4.58. The predicted octanol–water partition coefficient (Wildman–Crippen LogP) is -1.90. The maximum atomic E-state index is 9.89. The summed E-state index contributed by atoms with van der Waals surface area (Å²) in [5.74, 6) is -0.312. The quantitative estimate of drug-likeness (QED) is 0.416. The summed E-state index contributed by atoms with van der Waals surface area (Å²) in [4.78, 5) is 19.8. The van der Waals surface area contributed by atoms with Gasteiger partial charge in [0.15, 0.2) is 0 Å². The molecule has 1 radical (unpaired) electrons. The number of phosphoric ester groups is 1. The van der Waals surface area contributed by atoms with E-state index in [1.165, 1.54) is 18.4 Å². The summed E-state index contributed by atoms with van der Waals surface area (Å²) in [6, 6.07) is 2.63. The third-order valence-corrected chi connectivity index (χ3v) is 1.10. The minimum absolute atomic E-state index is 0. The SMILES string of the molecule is O.O=P([O-])([O-])Oc1ccco1.[OH-].[Pb+3]. The fraction of sp³-hybridized carbons (Fsp3) is 0. The Labute approximate surface area is 93.7 Å². The Bertz CT molecular complexity index is 241. The van der Waals surface area contributed by atoms with Crippen LogP contribution in [0.4, 0.5) is 0 Å². The summed E-state index contributed by atoms with van der Waals surface area (Å²) in [6.07, 6.45) is 1.20. The summed E-state index contributed by atoms with van der Waals surface area (Å²) in [7, 11) is -4.95. The monoisotopic (exact) mass is 405 g/mol. The molecule has 0 aromatic carbocycles. The van der Waals surface area contributed by atoms with E-state index >= 15 is 0 Å². The van der Waals surface area contributed by atoms with E-state index in [0.29, 0.717) is 0 Å². The van der Waals surface area contributed by atoms with Gasteiger partial charge in [0.05, 0.1) is 6.26 Å². The first-order valence-electron chi connectivity index (χ1n) is 2.33. The molecule has 0 saturated heterocycles. The second kappa shape index (κ2) is 7.47. The van der Waals surface area contributed by atoms with E-state index in [4.69, 9.17) is 0 Å². The Balaban J connectivity index is -0.000000333. The largest absolute Gasteiger partial charge is 3.00 e. The van der Waals surface area contributed by atoms with Crippen LogP contribution < -0.4 is 14.3 Å². The average molecular weight is 404 g/mol. The summed E-state index contributed by atoms with van der Waals surface area (Å²) < 4.78 is 18.1. The summed E-state index contributed by atoms with van der Waals surface area (Å²) in [5.41, 5.74) is 0. The van der Waals surface area contributed by atoms with Gasteiger partial charge in [-0.25, -0.2) is 0 Å². The van der Waals surface area contributed by atoms with Gasteiger partial charge in [-0.3, -0.25) is 0 Å². The Kier molecular flexibility index (Phi) is 10.8. The van der Waals surface area contributed by atoms with Crippen molar-refractivity contribution >= 4 is 35.1 Å². The normalized spacial score (nSPS) is 8.77. The molecule has 3 N–H and O–H groups in total. The van der Waals surface area contributed by atoms with E-state index < -0.39 is 7.82 Å². The van der Waals surface area contributed by atoms with Crippen molar-refractivity contribution in [3.63, 3.8) is 0 Å². The van der Waals surface area contributed by atoms with Gasteiger partial charge in [0.2, 0.25) is 0 Å². The molecule has 0 aliphatic rings. The van der Waals surface area contributed by atoms with Crippen LogP contribution >= 0.6 is 7.82 Å². The Morgan fingerprint density at radius 3 is 2.31 bits per heavy atom. The molecular formula is C4H6O7PPb. The second-order valence-corrected chi connectivity index (χ2v) is 2.55. The molecule has 0 saturated carbocycles. The molecule has 0 unspecified atom stereocenters. The topological polar surface area (TPSA) is 147 Å². The van der Waals surface area contributed by atoms with Crippen LogP contribution in [0.25, 0.3) is 0 Å². The van der Waals surface area contributed by atoms with E-state index in [-0.39, 0.29) is 44.2 Å². The van der Waals surface area contributed by atoms with Crippen molar-refractivity contribution in [2.45, 2.75) is 0 Å². The van der Waals surface area contributed by atoms with Crippen LogP contribution in [0.2, 0.25) is 0 Å². The van der Waals surface area contributed by atoms with Crippen molar-refractivity contribution in [2.24, 2.45) is 0 Å². The van der Waals surface area contributed by atoms with Crippen molar-refractivity contribution in [3.8, 4) is 5.95 Å². The van der Waals surface area contributed by atoms with E-state index in [2.05, 4.69) is 8.94 Å². The zero-order valence-electron chi connectivity index (χ0n) is 6.17. The van der Waals surface area contributed by atoms with Gasteiger partial charge in [0.25, 0.3) is 5.95 Å². The Hall–Kier alpha value is 0.0721. The summed E-state index contributed by atoms with van der Waals surface area (Å²) >= 11 is 0. The molecule has 7 nitrogen and oxygen atoms in total. The van der Waals surface area contributed by atoms with Crippen LogP contribution in [0, 0.1) is 0 Å². The smallest absolute Gasteiger partial charge is 0.870 e. The molecule has 0 bridgehead atoms. The molecule has 9 heteroatoms. The van der Waals surface area contributed by atoms with Gasteiger partial charge in [-0.05, 0) is 6.07 Å². The minimum atomic E-state index is -4.95. The summed E-state index contributed by atoms with van der Waals surface area (Å²) in [6.45, 7) is 0. The standard InChI is InChI=1S/C4H5O5P.2H2O.Pb/c5-10(6,7)9-4-2-1-3-8-4;;;/h1-3H,(H2,5,6,7);2*1H2;/q;;;+3/p-3. The van der Waals surface area contributed by atoms with Crippen LogP contribution in [0.15, 0.2) is 22.8 Å². The fourth-order valence-electron chi connectivity index (χ4n) is 0.426. The van der Waals surface area contributed by atoms with Gasteiger partial charge in [-0.15, -0.1) is 0 Å². The van der Waals surface area contributed by atoms with Gasteiger partial charge in [-0.1, -0.05) is 0 Å². The molecule has 0 amide bonds. The second-order valence-electron chi connectivity index (χ2n) is 1.47. The molecular weight excluding hydrogens is 398 g/mol. The molecule has 0 spiro atoms. The van der Waals surface area contributed by atoms with Gasteiger partial charge in [0, 0.05) is 6.07 Å².